The Morgan fingerprint density at radius 3 is 2.62 bits per heavy atom. The SMILES string of the molecule is CC1(C)C2CNCC2CN1c1cc(Cl)c(Cl)cc1[N+](=O)[O-]. The van der Waals surface area contributed by atoms with Crippen molar-refractivity contribution in [1.29, 1.82) is 0 Å². The van der Waals surface area contributed by atoms with Gasteiger partial charge in [-0.15, -0.1) is 0 Å². The van der Waals surface area contributed by atoms with Crippen molar-refractivity contribution < 1.29 is 4.92 Å². The van der Waals surface area contributed by atoms with Gasteiger partial charge in [0.1, 0.15) is 5.69 Å². The molecule has 2 fully saturated rings. The summed E-state index contributed by atoms with van der Waals surface area (Å²) in [6, 6.07) is 2.97. The van der Waals surface area contributed by atoms with Crippen LogP contribution < -0.4 is 10.2 Å². The molecule has 2 saturated heterocycles. The number of rotatable bonds is 2. The fourth-order valence-electron chi connectivity index (χ4n) is 3.72. The topological polar surface area (TPSA) is 58.4 Å². The van der Waals surface area contributed by atoms with Crippen molar-refractivity contribution >= 4 is 34.6 Å². The summed E-state index contributed by atoms with van der Waals surface area (Å²) in [4.78, 5) is 13.1. The summed E-state index contributed by atoms with van der Waals surface area (Å²) >= 11 is 12.0. The van der Waals surface area contributed by atoms with Crippen molar-refractivity contribution in [2.75, 3.05) is 24.5 Å². The van der Waals surface area contributed by atoms with Crippen molar-refractivity contribution in [3.8, 4) is 0 Å². The third-order valence-corrected chi connectivity index (χ3v) is 5.59. The minimum atomic E-state index is -0.389. The maximum atomic E-state index is 11.4. The summed E-state index contributed by atoms with van der Waals surface area (Å²) in [6.45, 7) is 6.97. The Kier molecular flexibility index (Phi) is 3.55. The van der Waals surface area contributed by atoms with E-state index < -0.39 is 0 Å². The van der Waals surface area contributed by atoms with Crippen LogP contribution in [0.2, 0.25) is 10.0 Å². The number of nitro benzene ring substituents is 1. The van der Waals surface area contributed by atoms with Gasteiger partial charge < -0.3 is 10.2 Å². The van der Waals surface area contributed by atoms with Crippen molar-refractivity contribution in [3.05, 3.63) is 32.3 Å². The van der Waals surface area contributed by atoms with Crippen molar-refractivity contribution in [3.63, 3.8) is 0 Å². The van der Waals surface area contributed by atoms with E-state index in [0.29, 0.717) is 22.5 Å². The lowest BCUT2D eigenvalue weighted by atomic mass is 9.84. The van der Waals surface area contributed by atoms with E-state index >= 15 is 0 Å². The number of halogens is 2. The molecule has 0 spiro atoms. The van der Waals surface area contributed by atoms with Crippen LogP contribution in [0.1, 0.15) is 13.8 Å². The Labute approximate surface area is 133 Å². The van der Waals surface area contributed by atoms with Crippen LogP contribution in [-0.2, 0) is 0 Å². The summed E-state index contributed by atoms with van der Waals surface area (Å²) in [5.41, 5.74) is 0.426. The van der Waals surface area contributed by atoms with Crippen LogP contribution in [0.15, 0.2) is 12.1 Å². The maximum Gasteiger partial charge on any atom is 0.294 e. The number of nitro groups is 1. The number of benzene rings is 1. The minimum absolute atomic E-state index is 0.0189. The maximum absolute atomic E-state index is 11.4. The lowest BCUT2D eigenvalue weighted by molar-refractivity contribution is -0.384. The number of nitrogens with zero attached hydrogens (tertiary/aromatic N) is 2. The molecule has 5 nitrogen and oxygen atoms in total. The molecule has 0 saturated carbocycles. The smallest absolute Gasteiger partial charge is 0.294 e. The fourth-order valence-corrected chi connectivity index (χ4v) is 4.03. The first-order valence-electron chi connectivity index (χ1n) is 6.94. The summed E-state index contributed by atoms with van der Waals surface area (Å²) < 4.78 is 0. The average Bonchev–Trinajstić information content (AvgIpc) is 2.95. The van der Waals surface area contributed by atoms with E-state index in [1.54, 1.807) is 6.07 Å². The molecular weight excluding hydrogens is 313 g/mol. The second kappa shape index (κ2) is 5.00. The highest BCUT2D eigenvalue weighted by Crippen LogP contribution is 2.47. The Morgan fingerprint density at radius 1 is 1.33 bits per heavy atom. The van der Waals surface area contributed by atoms with Crippen LogP contribution in [0.3, 0.4) is 0 Å². The van der Waals surface area contributed by atoms with E-state index in [9.17, 15) is 10.1 Å². The summed E-state index contributed by atoms with van der Waals surface area (Å²) in [6.07, 6.45) is 0. The van der Waals surface area contributed by atoms with Crippen LogP contribution in [0.25, 0.3) is 0 Å². The molecule has 0 amide bonds. The Balaban J connectivity index is 2.08. The van der Waals surface area contributed by atoms with Gasteiger partial charge in [0.05, 0.1) is 15.0 Å². The van der Waals surface area contributed by atoms with Crippen molar-refractivity contribution in [2.24, 2.45) is 11.8 Å². The zero-order chi connectivity index (χ0) is 15.4. The van der Waals surface area contributed by atoms with Gasteiger partial charge in [-0.05, 0) is 31.7 Å². The standard InChI is InChI=1S/C14H17Cl2N3O2/c1-14(2)9-6-17-5-8(9)7-18(14)12-3-10(15)11(16)4-13(12)19(20)21/h3-4,8-9,17H,5-7H2,1-2H3. The molecule has 1 N–H and O–H groups in total. The molecule has 1 aromatic carbocycles. The van der Waals surface area contributed by atoms with E-state index in [0.717, 1.165) is 19.6 Å². The highest BCUT2D eigenvalue weighted by atomic mass is 35.5. The van der Waals surface area contributed by atoms with Crippen LogP contribution in [-0.4, -0.2) is 30.1 Å². The molecule has 114 valence electrons. The molecule has 2 heterocycles. The number of fused-ring (bicyclic) bond motifs is 1. The predicted octanol–water partition coefficient (Wildman–Crippen LogP) is 3.34. The molecular formula is C14H17Cl2N3O2. The monoisotopic (exact) mass is 329 g/mol. The van der Waals surface area contributed by atoms with Gasteiger partial charge >= 0.3 is 0 Å². The highest BCUT2D eigenvalue weighted by Gasteiger charge is 2.50. The minimum Gasteiger partial charge on any atom is -0.360 e. The number of nitrogens with one attached hydrogen (secondary N) is 1. The number of hydrogen-bond donors (Lipinski definition) is 1. The van der Waals surface area contributed by atoms with E-state index in [2.05, 4.69) is 24.1 Å². The van der Waals surface area contributed by atoms with Crippen LogP contribution >= 0.6 is 23.2 Å². The molecule has 0 bridgehead atoms. The molecule has 0 aliphatic carbocycles. The van der Waals surface area contributed by atoms with Crippen LogP contribution in [0.5, 0.6) is 0 Å². The zero-order valence-corrected chi connectivity index (χ0v) is 13.4. The second-order valence-corrected chi connectivity index (χ2v) is 7.12. The lowest BCUT2D eigenvalue weighted by Crippen LogP contribution is -2.44. The third kappa shape index (κ3) is 2.28. The molecule has 2 aliphatic heterocycles. The zero-order valence-electron chi connectivity index (χ0n) is 11.9. The van der Waals surface area contributed by atoms with Gasteiger partial charge in [0, 0.05) is 31.2 Å². The largest absolute Gasteiger partial charge is 0.360 e. The number of anilines is 1. The highest BCUT2D eigenvalue weighted by molar-refractivity contribution is 6.42. The summed E-state index contributed by atoms with van der Waals surface area (Å²) in [7, 11) is 0. The Bertz CT molecular complexity index is 606. The van der Waals surface area contributed by atoms with Gasteiger partial charge in [-0.25, -0.2) is 0 Å². The van der Waals surface area contributed by atoms with Gasteiger partial charge in [-0.2, -0.15) is 0 Å². The van der Waals surface area contributed by atoms with E-state index in [-0.39, 0.29) is 21.2 Å². The van der Waals surface area contributed by atoms with Crippen molar-refractivity contribution in [1.82, 2.24) is 5.32 Å². The van der Waals surface area contributed by atoms with Crippen molar-refractivity contribution in [2.45, 2.75) is 19.4 Å². The molecule has 21 heavy (non-hydrogen) atoms. The molecule has 0 aromatic heterocycles. The first-order chi connectivity index (χ1) is 9.82. The summed E-state index contributed by atoms with van der Waals surface area (Å²) in [5.74, 6) is 0.987. The average molecular weight is 330 g/mol. The fraction of sp³-hybridized carbons (Fsp3) is 0.571. The first kappa shape index (κ1) is 14.9. The molecule has 2 atom stereocenters. The Morgan fingerprint density at radius 2 is 2.00 bits per heavy atom. The van der Waals surface area contributed by atoms with Crippen LogP contribution in [0.4, 0.5) is 11.4 Å². The summed E-state index contributed by atoms with van der Waals surface area (Å²) in [5, 5.41) is 15.3. The van der Waals surface area contributed by atoms with Gasteiger partial charge in [0.15, 0.2) is 0 Å². The Hall–Kier alpha value is -1.04. The van der Waals surface area contributed by atoms with E-state index in [1.807, 2.05) is 0 Å². The quantitative estimate of drug-likeness (QED) is 0.667. The second-order valence-electron chi connectivity index (χ2n) is 6.30. The molecule has 1 aromatic rings. The molecule has 3 rings (SSSR count). The lowest BCUT2D eigenvalue weighted by Gasteiger charge is -2.37. The van der Waals surface area contributed by atoms with E-state index in [1.165, 1.54) is 6.07 Å². The van der Waals surface area contributed by atoms with Gasteiger partial charge in [-0.3, -0.25) is 10.1 Å². The van der Waals surface area contributed by atoms with Gasteiger partial charge in [0.2, 0.25) is 0 Å². The van der Waals surface area contributed by atoms with Gasteiger partial charge in [0.25, 0.3) is 5.69 Å². The molecule has 7 heteroatoms. The number of hydrogen-bond acceptors (Lipinski definition) is 4. The molecule has 2 aliphatic rings. The van der Waals surface area contributed by atoms with Gasteiger partial charge in [-0.1, -0.05) is 23.2 Å². The molecule has 0 radical (unpaired) electrons. The predicted molar refractivity (Wildman–Crippen MR) is 84.4 cm³/mol. The normalized spacial score (nSPS) is 27.0. The molecule has 2 unspecified atom stereocenters. The van der Waals surface area contributed by atoms with Crippen LogP contribution in [0, 0.1) is 22.0 Å². The third-order valence-electron chi connectivity index (χ3n) is 4.86. The first-order valence-corrected chi connectivity index (χ1v) is 7.69. The van der Waals surface area contributed by atoms with E-state index in [4.69, 9.17) is 23.2 Å².